The summed E-state index contributed by atoms with van der Waals surface area (Å²) >= 11 is 0. The molecule has 7 heteroatoms. The molecule has 0 spiro atoms. The minimum atomic E-state index is -2.95. The number of nitrogens with one attached hydrogen (secondary N) is 1. The lowest BCUT2D eigenvalue weighted by Gasteiger charge is -2.26. The van der Waals surface area contributed by atoms with Crippen LogP contribution in [0.1, 0.15) is 39.2 Å². The summed E-state index contributed by atoms with van der Waals surface area (Å²) < 4.78 is 28.9. The summed E-state index contributed by atoms with van der Waals surface area (Å²) in [5.41, 5.74) is 1.05. The lowest BCUT2D eigenvalue weighted by atomic mass is 9.90. The number of hydrogen-bond acceptors (Lipinski definition) is 4. The van der Waals surface area contributed by atoms with E-state index in [0.717, 1.165) is 38.6 Å². The normalized spacial score (nSPS) is 18.3. The molecule has 1 fully saturated rings. The molecular weight excluding hydrogens is 386 g/mol. The first-order chi connectivity index (χ1) is 13.7. The topological polar surface area (TPSA) is 71.0 Å². The summed E-state index contributed by atoms with van der Waals surface area (Å²) in [6.45, 7) is 11.0. The van der Waals surface area contributed by atoms with Gasteiger partial charge in [0.15, 0.2) is 5.96 Å². The third kappa shape index (κ3) is 9.17. The van der Waals surface area contributed by atoms with Crippen LogP contribution in [0.2, 0.25) is 0 Å². The van der Waals surface area contributed by atoms with Gasteiger partial charge in [-0.1, -0.05) is 44.2 Å². The maximum Gasteiger partial charge on any atom is 0.193 e. The molecule has 0 aliphatic carbocycles. The summed E-state index contributed by atoms with van der Waals surface area (Å²) in [5.74, 6) is 1.63. The monoisotopic (exact) mass is 423 g/mol. The largest absolute Gasteiger partial charge is 0.376 e. The standard InChI is InChI=1S/C22H37N3O3S/c1-5-23-21(24-18-22(2,3)12-14-29(4,26)27)25-13-11-20(15-25)17-28-16-19-9-7-6-8-10-19/h6-10,20H,5,11-18H2,1-4H3,(H,23,24). The quantitative estimate of drug-likeness (QED) is 0.463. The highest BCUT2D eigenvalue weighted by molar-refractivity contribution is 7.90. The molecule has 29 heavy (non-hydrogen) atoms. The van der Waals surface area contributed by atoms with E-state index < -0.39 is 9.84 Å². The van der Waals surface area contributed by atoms with Crippen molar-refractivity contribution in [1.82, 2.24) is 10.2 Å². The van der Waals surface area contributed by atoms with Gasteiger partial charge in [0.25, 0.3) is 0 Å². The first-order valence-corrected chi connectivity index (χ1v) is 12.6. The van der Waals surface area contributed by atoms with E-state index in [1.165, 1.54) is 11.8 Å². The van der Waals surface area contributed by atoms with Crippen molar-refractivity contribution in [3.05, 3.63) is 35.9 Å². The van der Waals surface area contributed by atoms with Gasteiger partial charge in [-0.05, 0) is 30.7 Å². The van der Waals surface area contributed by atoms with Crippen LogP contribution < -0.4 is 5.32 Å². The first-order valence-electron chi connectivity index (χ1n) is 10.5. The van der Waals surface area contributed by atoms with E-state index in [-0.39, 0.29) is 11.2 Å². The van der Waals surface area contributed by atoms with Crippen LogP contribution in [0.15, 0.2) is 35.3 Å². The van der Waals surface area contributed by atoms with E-state index in [1.807, 2.05) is 18.2 Å². The smallest absolute Gasteiger partial charge is 0.193 e. The number of aliphatic imine (C=N–C) groups is 1. The SMILES string of the molecule is CCNC(=NCC(C)(C)CCS(C)(=O)=O)N1CCC(COCc2ccccc2)C1. The highest BCUT2D eigenvalue weighted by Gasteiger charge is 2.26. The van der Waals surface area contributed by atoms with Crippen LogP contribution in [-0.4, -0.2) is 64.1 Å². The predicted molar refractivity (Wildman–Crippen MR) is 120 cm³/mol. The Bertz CT molecular complexity index is 748. The number of guanidine groups is 1. The molecule has 0 bridgehead atoms. The Balaban J connectivity index is 1.84. The van der Waals surface area contributed by atoms with Crippen molar-refractivity contribution in [2.45, 2.75) is 40.2 Å². The van der Waals surface area contributed by atoms with Gasteiger partial charge in [0, 0.05) is 38.4 Å². The van der Waals surface area contributed by atoms with Crippen molar-refractivity contribution in [1.29, 1.82) is 0 Å². The van der Waals surface area contributed by atoms with Crippen LogP contribution >= 0.6 is 0 Å². The number of hydrogen-bond donors (Lipinski definition) is 1. The Morgan fingerprint density at radius 1 is 1.31 bits per heavy atom. The van der Waals surface area contributed by atoms with Crippen LogP contribution in [0.4, 0.5) is 0 Å². The molecule has 1 atom stereocenters. The van der Waals surface area contributed by atoms with Gasteiger partial charge in [-0.2, -0.15) is 0 Å². The van der Waals surface area contributed by atoms with Gasteiger partial charge in [-0.3, -0.25) is 4.99 Å². The minimum Gasteiger partial charge on any atom is -0.376 e. The maximum atomic E-state index is 11.5. The Morgan fingerprint density at radius 2 is 2.03 bits per heavy atom. The second-order valence-corrected chi connectivity index (χ2v) is 11.1. The van der Waals surface area contributed by atoms with E-state index >= 15 is 0 Å². The van der Waals surface area contributed by atoms with E-state index in [2.05, 4.69) is 43.1 Å². The van der Waals surface area contributed by atoms with Gasteiger partial charge >= 0.3 is 0 Å². The Labute approximate surface area is 176 Å². The first kappa shape index (κ1) is 23.7. The molecule has 1 N–H and O–H groups in total. The molecule has 2 rings (SSSR count). The molecule has 1 heterocycles. The van der Waals surface area contributed by atoms with Crippen molar-refractivity contribution in [3.63, 3.8) is 0 Å². The Kier molecular flexibility index (Phi) is 8.96. The molecule has 1 unspecified atom stereocenters. The van der Waals surface area contributed by atoms with Gasteiger partial charge in [0.2, 0.25) is 0 Å². The molecule has 1 aliphatic heterocycles. The fourth-order valence-corrected chi connectivity index (χ4v) is 4.26. The average molecular weight is 424 g/mol. The zero-order valence-electron chi connectivity index (χ0n) is 18.4. The third-order valence-corrected chi connectivity index (χ3v) is 6.14. The number of benzene rings is 1. The van der Waals surface area contributed by atoms with Crippen LogP contribution in [0.3, 0.4) is 0 Å². The highest BCUT2D eigenvalue weighted by Crippen LogP contribution is 2.23. The molecule has 0 radical (unpaired) electrons. The number of likely N-dealkylation sites (tertiary alicyclic amines) is 1. The van der Waals surface area contributed by atoms with Crippen LogP contribution in [0.25, 0.3) is 0 Å². The number of ether oxygens (including phenoxy) is 1. The van der Waals surface area contributed by atoms with E-state index in [0.29, 0.717) is 25.5 Å². The molecule has 6 nitrogen and oxygen atoms in total. The molecule has 1 aromatic carbocycles. The second kappa shape index (κ2) is 11.0. The summed E-state index contributed by atoms with van der Waals surface area (Å²) in [7, 11) is -2.95. The Hall–Kier alpha value is -1.60. The summed E-state index contributed by atoms with van der Waals surface area (Å²) in [6, 6.07) is 10.3. The number of rotatable bonds is 10. The fourth-order valence-electron chi connectivity index (χ4n) is 3.33. The van der Waals surface area contributed by atoms with Crippen molar-refractivity contribution in [2.24, 2.45) is 16.3 Å². The zero-order chi connectivity index (χ0) is 21.3. The maximum absolute atomic E-state index is 11.5. The fraction of sp³-hybridized carbons (Fsp3) is 0.682. The molecular formula is C22H37N3O3S. The lowest BCUT2D eigenvalue weighted by Crippen LogP contribution is -2.41. The molecule has 0 aromatic heterocycles. The minimum absolute atomic E-state index is 0.151. The molecule has 1 saturated heterocycles. The zero-order valence-corrected chi connectivity index (χ0v) is 19.2. The van der Waals surface area contributed by atoms with E-state index in [1.54, 1.807) is 0 Å². The van der Waals surface area contributed by atoms with Crippen LogP contribution in [-0.2, 0) is 21.2 Å². The second-order valence-electron chi connectivity index (χ2n) is 8.82. The van der Waals surface area contributed by atoms with Gasteiger partial charge in [-0.25, -0.2) is 8.42 Å². The van der Waals surface area contributed by atoms with Crippen molar-refractivity contribution in [3.8, 4) is 0 Å². The Morgan fingerprint density at radius 3 is 2.69 bits per heavy atom. The van der Waals surface area contributed by atoms with Gasteiger partial charge < -0.3 is 15.0 Å². The summed E-state index contributed by atoms with van der Waals surface area (Å²) in [6.07, 6.45) is 3.00. The van der Waals surface area contributed by atoms with Crippen molar-refractivity contribution in [2.75, 3.05) is 44.8 Å². The van der Waals surface area contributed by atoms with Crippen LogP contribution in [0, 0.1) is 11.3 Å². The van der Waals surface area contributed by atoms with Gasteiger partial charge in [0.1, 0.15) is 9.84 Å². The predicted octanol–water partition coefficient (Wildman–Crippen LogP) is 2.95. The number of nitrogens with zero attached hydrogens (tertiary/aromatic N) is 2. The molecule has 0 amide bonds. The third-order valence-electron chi connectivity index (χ3n) is 5.19. The van der Waals surface area contributed by atoms with Crippen molar-refractivity contribution >= 4 is 15.8 Å². The lowest BCUT2D eigenvalue weighted by molar-refractivity contribution is 0.0906. The number of sulfone groups is 1. The highest BCUT2D eigenvalue weighted by atomic mass is 32.2. The van der Waals surface area contributed by atoms with E-state index in [4.69, 9.17) is 9.73 Å². The van der Waals surface area contributed by atoms with Gasteiger partial charge in [0.05, 0.1) is 19.0 Å². The molecule has 1 aliphatic rings. The average Bonchev–Trinajstić information content (AvgIpc) is 3.13. The molecule has 0 saturated carbocycles. The van der Waals surface area contributed by atoms with Crippen molar-refractivity contribution < 1.29 is 13.2 Å². The van der Waals surface area contributed by atoms with Crippen LogP contribution in [0.5, 0.6) is 0 Å². The van der Waals surface area contributed by atoms with Gasteiger partial charge in [-0.15, -0.1) is 0 Å². The molecule has 1 aromatic rings. The molecule has 164 valence electrons. The van der Waals surface area contributed by atoms with E-state index in [9.17, 15) is 8.42 Å². The summed E-state index contributed by atoms with van der Waals surface area (Å²) in [4.78, 5) is 7.12. The summed E-state index contributed by atoms with van der Waals surface area (Å²) in [5, 5.41) is 3.39.